The van der Waals surface area contributed by atoms with Crippen LogP contribution in [0, 0.1) is 13.8 Å². The molecule has 1 aromatic heterocycles. The maximum atomic E-state index is 12.7. The number of rotatable bonds is 5. The van der Waals surface area contributed by atoms with Gasteiger partial charge in [-0.05, 0) is 44.9 Å². The van der Waals surface area contributed by atoms with Crippen LogP contribution in [-0.2, 0) is 16.1 Å². The Labute approximate surface area is 152 Å². The van der Waals surface area contributed by atoms with E-state index in [2.05, 4.69) is 10.5 Å². The molecule has 138 valence electrons. The minimum absolute atomic E-state index is 0.141. The summed E-state index contributed by atoms with van der Waals surface area (Å²) in [6.07, 6.45) is 1.21. The molecule has 0 aliphatic carbocycles. The average Bonchev–Trinajstić information content (AvgIpc) is 3.27. The van der Waals surface area contributed by atoms with E-state index in [1.54, 1.807) is 36.2 Å². The van der Waals surface area contributed by atoms with Crippen molar-refractivity contribution in [1.82, 2.24) is 10.1 Å². The fourth-order valence-corrected chi connectivity index (χ4v) is 2.99. The highest BCUT2D eigenvalue weighted by Crippen LogP contribution is 2.19. The summed E-state index contributed by atoms with van der Waals surface area (Å²) in [5.74, 6) is 0.397. The first-order chi connectivity index (χ1) is 12.5. The predicted molar refractivity (Wildman–Crippen MR) is 95.8 cm³/mol. The number of aryl methyl sites for hydroxylation is 2. The van der Waals surface area contributed by atoms with Gasteiger partial charge in [-0.2, -0.15) is 0 Å². The molecule has 7 nitrogen and oxygen atoms in total. The van der Waals surface area contributed by atoms with Gasteiger partial charge in [0.15, 0.2) is 0 Å². The SMILES string of the molecule is Cc1noc(C)c1CN(C)C(=O)c1cccc(NC(=O)C2CCCO2)c1. The van der Waals surface area contributed by atoms with Crippen molar-refractivity contribution in [3.05, 3.63) is 46.8 Å². The van der Waals surface area contributed by atoms with Crippen LogP contribution in [0.3, 0.4) is 0 Å². The van der Waals surface area contributed by atoms with Crippen LogP contribution in [0.5, 0.6) is 0 Å². The Balaban J connectivity index is 1.68. The number of carbonyl (C=O) groups excluding carboxylic acids is 2. The Bertz CT molecular complexity index is 789. The third-order valence-corrected chi connectivity index (χ3v) is 4.52. The number of hydrogen-bond acceptors (Lipinski definition) is 5. The monoisotopic (exact) mass is 357 g/mol. The van der Waals surface area contributed by atoms with Crippen LogP contribution in [0.25, 0.3) is 0 Å². The summed E-state index contributed by atoms with van der Waals surface area (Å²) in [4.78, 5) is 26.5. The normalized spacial score (nSPS) is 16.5. The lowest BCUT2D eigenvalue weighted by Crippen LogP contribution is -2.28. The van der Waals surface area contributed by atoms with Crippen molar-refractivity contribution in [3.8, 4) is 0 Å². The molecule has 2 aromatic rings. The van der Waals surface area contributed by atoms with Crippen molar-refractivity contribution < 1.29 is 18.8 Å². The number of ether oxygens (including phenoxy) is 1. The highest BCUT2D eigenvalue weighted by Gasteiger charge is 2.24. The van der Waals surface area contributed by atoms with Crippen LogP contribution in [0.2, 0.25) is 0 Å². The van der Waals surface area contributed by atoms with Crippen LogP contribution >= 0.6 is 0 Å². The lowest BCUT2D eigenvalue weighted by Gasteiger charge is -2.18. The van der Waals surface area contributed by atoms with Crippen molar-refractivity contribution in [2.24, 2.45) is 0 Å². The van der Waals surface area contributed by atoms with Crippen molar-refractivity contribution in [1.29, 1.82) is 0 Å². The molecule has 0 spiro atoms. The first kappa shape index (κ1) is 18.1. The molecular formula is C19H23N3O4. The summed E-state index contributed by atoms with van der Waals surface area (Å²) in [6.45, 7) is 4.70. The van der Waals surface area contributed by atoms with E-state index in [-0.39, 0.29) is 11.8 Å². The number of carbonyl (C=O) groups is 2. The van der Waals surface area contributed by atoms with Crippen LogP contribution < -0.4 is 5.32 Å². The van der Waals surface area contributed by atoms with E-state index in [9.17, 15) is 9.59 Å². The average molecular weight is 357 g/mol. The van der Waals surface area contributed by atoms with Gasteiger partial charge in [0.25, 0.3) is 11.8 Å². The Morgan fingerprint density at radius 3 is 2.81 bits per heavy atom. The van der Waals surface area contributed by atoms with E-state index in [4.69, 9.17) is 9.26 Å². The third kappa shape index (κ3) is 3.94. The largest absolute Gasteiger partial charge is 0.368 e. The first-order valence-electron chi connectivity index (χ1n) is 8.65. The molecule has 3 rings (SSSR count). The maximum Gasteiger partial charge on any atom is 0.253 e. The Morgan fingerprint density at radius 2 is 2.15 bits per heavy atom. The summed E-state index contributed by atoms with van der Waals surface area (Å²) in [5, 5.41) is 6.74. The molecular weight excluding hydrogens is 334 g/mol. The number of benzene rings is 1. The van der Waals surface area contributed by atoms with Crippen LogP contribution in [0.1, 0.15) is 40.2 Å². The Kier molecular flexibility index (Phi) is 5.37. The van der Waals surface area contributed by atoms with Gasteiger partial charge >= 0.3 is 0 Å². The molecule has 1 aromatic carbocycles. The third-order valence-electron chi connectivity index (χ3n) is 4.52. The summed E-state index contributed by atoms with van der Waals surface area (Å²) < 4.78 is 10.5. The number of amides is 2. The lowest BCUT2D eigenvalue weighted by atomic mass is 10.1. The van der Waals surface area contributed by atoms with Gasteiger partial charge in [-0.25, -0.2) is 0 Å². The summed E-state index contributed by atoms with van der Waals surface area (Å²) in [7, 11) is 1.73. The van der Waals surface area contributed by atoms with Crippen molar-refractivity contribution in [2.75, 3.05) is 19.0 Å². The first-order valence-corrected chi connectivity index (χ1v) is 8.65. The van der Waals surface area contributed by atoms with Gasteiger partial charge in [0.2, 0.25) is 0 Å². The Hall–Kier alpha value is -2.67. The molecule has 0 saturated carbocycles. The molecule has 0 bridgehead atoms. The second-order valence-electron chi connectivity index (χ2n) is 6.54. The van der Waals surface area contributed by atoms with Gasteiger partial charge in [-0.3, -0.25) is 9.59 Å². The zero-order valence-electron chi connectivity index (χ0n) is 15.2. The second kappa shape index (κ2) is 7.70. The molecule has 1 aliphatic rings. The highest BCUT2D eigenvalue weighted by atomic mass is 16.5. The molecule has 1 saturated heterocycles. The number of aromatic nitrogens is 1. The molecule has 26 heavy (non-hydrogen) atoms. The molecule has 2 heterocycles. The predicted octanol–water partition coefficient (Wildman–Crippen LogP) is 2.68. The van der Waals surface area contributed by atoms with Crippen molar-refractivity contribution in [2.45, 2.75) is 39.3 Å². The van der Waals surface area contributed by atoms with Gasteiger partial charge in [-0.15, -0.1) is 0 Å². The second-order valence-corrected chi connectivity index (χ2v) is 6.54. The topological polar surface area (TPSA) is 84.7 Å². The molecule has 7 heteroatoms. The van der Waals surface area contributed by atoms with Crippen molar-refractivity contribution in [3.63, 3.8) is 0 Å². The fourth-order valence-electron chi connectivity index (χ4n) is 2.99. The van der Waals surface area contributed by atoms with Crippen molar-refractivity contribution >= 4 is 17.5 Å². The van der Waals surface area contributed by atoms with E-state index in [1.807, 2.05) is 13.8 Å². The molecule has 0 radical (unpaired) electrons. The Morgan fingerprint density at radius 1 is 1.35 bits per heavy atom. The van der Waals surface area contributed by atoms with Crippen LogP contribution in [0.15, 0.2) is 28.8 Å². The zero-order chi connectivity index (χ0) is 18.7. The van der Waals surface area contributed by atoms with Crippen LogP contribution in [-0.4, -0.2) is 41.6 Å². The molecule has 1 aliphatic heterocycles. The van der Waals surface area contributed by atoms with Crippen LogP contribution in [0.4, 0.5) is 5.69 Å². The van der Waals surface area contributed by atoms with Gasteiger partial charge < -0.3 is 19.5 Å². The number of hydrogen-bond donors (Lipinski definition) is 1. The standard InChI is InChI=1S/C19H23N3O4/c1-12-16(13(2)26-21-12)11-22(3)19(24)14-6-4-7-15(10-14)20-18(23)17-8-5-9-25-17/h4,6-7,10,17H,5,8-9,11H2,1-3H3,(H,20,23). The van der Waals surface area contributed by atoms with Gasteiger partial charge in [0.1, 0.15) is 11.9 Å². The molecule has 1 atom stereocenters. The van der Waals surface area contributed by atoms with Gasteiger partial charge in [0, 0.05) is 30.5 Å². The quantitative estimate of drug-likeness (QED) is 0.889. The van der Waals surface area contributed by atoms with Gasteiger partial charge in [-0.1, -0.05) is 11.2 Å². The van der Waals surface area contributed by atoms with E-state index in [0.717, 1.165) is 24.1 Å². The van der Waals surface area contributed by atoms with Gasteiger partial charge in [0.05, 0.1) is 12.2 Å². The highest BCUT2D eigenvalue weighted by molar-refractivity contribution is 5.98. The lowest BCUT2D eigenvalue weighted by molar-refractivity contribution is -0.124. The zero-order valence-corrected chi connectivity index (χ0v) is 15.2. The van der Waals surface area contributed by atoms with E-state index in [1.165, 1.54) is 0 Å². The number of nitrogens with one attached hydrogen (secondary N) is 1. The van der Waals surface area contributed by atoms with E-state index < -0.39 is 6.10 Å². The minimum atomic E-state index is -0.406. The summed E-state index contributed by atoms with van der Waals surface area (Å²) in [6, 6.07) is 6.92. The van der Waals surface area contributed by atoms with E-state index in [0.29, 0.717) is 30.2 Å². The number of anilines is 1. The summed E-state index contributed by atoms with van der Waals surface area (Å²) >= 11 is 0. The molecule has 1 fully saturated rings. The maximum absolute atomic E-state index is 12.7. The fraction of sp³-hybridized carbons (Fsp3) is 0.421. The minimum Gasteiger partial charge on any atom is -0.368 e. The molecule has 1 N–H and O–H groups in total. The number of nitrogens with zero attached hydrogens (tertiary/aromatic N) is 2. The summed E-state index contributed by atoms with van der Waals surface area (Å²) in [5.41, 5.74) is 2.77. The smallest absolute Gasteiger partial charge is 0.253 e. The molecule has 1 unspecified atom stereocenters. The van der Waals surface area contributed by atoms with E-state index >= 15 is 0 Å². The molecule has 2 amide bonds.